The van der Waals surface area contributed by atoms with E-state index in [1.807, 2.05) is 0 Å². The summed E-state index contributed by atoms with van der Waals surface area (Å²) in [6.45, 7) is 0. The van der Waals surface area contributed by atoms with Crippen molar-refractivity contribution in [3.05, 3.63) is 18.5 Å². The summed E-state index contributed by atoms with van der Waals surface area (Å²) in [5.74, 6) is 0. The molecule has 0 radical (unpaired) electrons. The standard InChI is InChI=1S/C3H4N6/c1-2-4-8(3-1)7-9-5-6-9/h1-3,7H. The Morgan fingerprint density at radius 1 is 1.33 bits per heavy atom. The van der Waals surface area contributed by atoms with E-state index >= 15 is 0 Å². The van der Waals surface area contributed by atoms with Gasteiger partial charge < -0.3 is 0 Å². The van der Waals surface area contributed by atoms with E-state index in [4.69, 9.17) is 0 Å². The zero-order valence-electron chi connectivity index (χ0n) is 4.47. The first-order valence-electron chi connectivity index (χ1n) is 2.43. The second-order valence-corrected chi connectivity index (χ2v) is 1.52. The fourth-order valence-corrected chi connectivity index (χ4v) is 0.480. The van der Waals surface area contributed by atoms with Gasteiger partial charge in [-0.05, 0) is 21.7 Å². The van der Waals surface area contributed by atoms with E-state index < -0.39 is 0 Å². The lowest BCUT2D eigenvalue weighted by molar-refractivity contribution is 0.464. The van der Waals surface area contributed by atoms with E-state index in [0.29, 0.717) is 0 Å². The molecule has 6 heteroatoms. The van der Waals surface area contributed by atoms with Crippen molar-refractivity contribution in [1.82, 2.24) is 15.1 Å². The molecule has 6 nitrogen and oxygen atoms in total. The SMILES string of the molecule is c1cnn(NN2N=N2)c1. The molecule has 9 heavy (non-hydrogen) atoms. The molecule has 1 N–H and O–H groups in total. The van der Waals surface area contributed by atoms with Crippen LogP contribution in [0.2, 0.25) is 0 Å². The van der Waals surface area contributed by atoms with Gasteiger partial charge in [0.1, 0.15) is 0 Å². The summed E-state index contributed by atoms with van der Waals surface area (Å²) in [6.07, 6.45) is 3.42. The molecule has 0 amide bonds. The smallest absolute Gasteiger partial charge is 0.0511 e. The van der Waals surface area contributed by atoms with Crippen LogP contribution in [-0.4, -0.2) is 15.1 Å². The predicted molar refractivity (Wildman–Crippen MR) is 28.3 cm³/mol. The quantitative estimate of drug-likeness (QED) is 0.600. The summed E-state index contributed by atoms with van der Waals surface area (Å²) in [5.41, 5.74) is 2.70. The normalized spacial score (nSPS) is 14.0. The highest BCUT2D eigenvalue weighted by Crippen LogP contribution is 2.02. The van der Waals surface area contributed by atoms with Crippen LogP contribution in [0.25, 0.3) is 0 Å². The summed E-state index contributed by atoms with van der Waals surface area (Å²) in [7, 11) is 0. The van der Waals surface area contributed by atoms with Crippen molar-refractivity contribution in [2.24, 2.45) is 10.4 Å². The zero-order chi connectivity index (χ0) is 6.10. The molecule has 46 valence electrons. The number of hydrogen-bond donors (Lipinski definition) is 1. The van der Waals surface area contributed by atoms with Gasteiger partial charge in [-0.1, -0.05) is 0 Å². The lowest BCUT2D eigenvalue weighted by Crippen LogP contribution is -2.19. The molecule has 0 bridgehead atoms. The van der Waals surface area contributed by atoms with Crippen LogP contribution in [0.5, 0.6) is 0 Å². The average Bonchev–Trinajstić information content (AvgIpc) is 2.46. The number of hydrogen-bond acceptors (Lipinski definition) is 5. The van der Waals surface area contributed by atoms with E-state index in [2.05, 4.69) is 21.1 Å². The Kier molecular flexibility index (Phi) is 0.689. The second kappa shape index (κ2) is 1.44. The van der Waals surface area contributed by atoms with Crippen LogP contribution in [0.15, 0.2) is 28.9 Å². The maximum Gasteiger partial charge on any atom is 0.0511 e. The first kappa shape index (κ1) is 4.30. The molecule has 1 aliphatic rings. The Morgan fingerprint density at radius 3 is 2.78 bits per heavy atom. The average molecular weight is 124 g/mol. The highest BCUT2D eigenvalue weighted by Gasteiger charge is 2.08. The first-order chi connectivity index (χ1) is 4.45. The lowest BCUT2D eigenvalue weighted by Gasteiger charge is -1.98. The molecule has 2 rings (SSSR count). The van der Waals surface area contributed by atoms with E-state index in [9.17, 15) is 0 Å². The van der Waals surface area contributed by atoms with Gasteiger partial charge in [0.15, 0.2) is 0 Å². The Hall–Kier alpha value is -1.59. The lowest BCUT2D eigenvalue weighted by atomic mass is 10.8. The van der Waals surface area contributed by atoms with Gasteiger partial charge in [0.05, 0.1) is 12.4 Å². The first-order valence-corrected chi connectivity index (χ1v) is 2.43. The summed E-state index contributed by atoms with van der Waals surface area (Å²) < 4.78 is 0. The van der Waals surface area contributed by atoms with Crippen LogP contribution in [0.1, 0.15) is 0 Å². The minimum atomic E-state index is 1.31. The van der Waals surface area contributed by atoms with Crippen LogP contribution in [0, 0.1) is 0 Å². The van der Waals surface area contributed by atoms with Crippen LogP contribution in [0.3, 0.4) is 0 Å². The molecule has 1 aromatic rings. The molecule has 0 atom stereocenters. The minimum absolute atomic E-state index is 1.31. The number of rotatable bonds is 2. The number of aromatic nitrogens is 2. The molecule has 0 saturated heterocycles. The predicted octanol–water partition coefficient (Wildman–Crippen LogP) is -0.0606. The van der Waals surface area contributed by atoms with Crippen molar-refractivity contribution in [3.63, 3.8) is 0 Å². The summed E-state index contributed by atoms with van der Waals surface area (Å²) >= 11 is 0. The monoisotopic (exact) mass is 124 g/mol. The third kappa shape index (κ3) is 0.809. The Balaban J connectivity index is 1.99. The van der Waals surface area contributed by atoms with Crippen molar-refractivity contribution >= 4 is 0 Å². The van der Waals surface area contributed by atoms with Gasteiger partial charge in [-0.25, -0.2) is 0 Å². The molecule has 0 aromatic carbocycles. The maximum absolute atomic E-state index is 3.84. The van der Waals surface area contributed by atoms with Crippen molar-refractivity contribution in [2.75, 3.05) is 5.53 Å². The molecule has 0 fully saturated rings. The molecule has 1 aromatic heterocycles. The summed E-state index contributed by atoms with van der Waals surface area (Å²) in [6, 6.07) is 1.80. The molecule has 0 aliphatic carbocycles. The number of nitrogens with one attached hydrogen (secondary N) is 1. The van der Waals surface area contributed by atoms with E-state index in [-0.39, 0.29) is 0 Å². The van der Waals surface area contributed by atoms with E-state index in [0.717, 1.165) is 0 Å². The fraction of sp³-hybridized carbons (Fsp3) is 0. The topological polar surface area (TPSA) is 57.6 Å². The van der Waals surface area contributed by atoms with Gasteiger partial charge >= 0.3 is 0 Å². The van der Waals surface area contributed by atoms with Gasteiger partial charge in [0.2, 0.25) is 0 Å². The molecule has 0 saturated carbocycles. The minimum Gasteiger partial charge on any atom is -0.178 e. The fourth-order valence-electron chi connectivity index (χ4n) is 0.480. The molecule has 0 spiro atoms. The Bertz CT molecular complexity index is 206. The maximum atomic E-state index is 3.84. The zero-order valence-corrected chi connectivity index (χ0v) is 4.47. The summed E-state index contributed by atoms with van der Waals surface area (Å²) in [5, 5.41) is 12.1. The third-order valence-electron chi connectivity index (χ3n) is 0.875. The Morgan fingerprint density at radius 2 is 2.22 bits per heavy atom. The van der Waals surface area contributed by atoms with Gasteiger partial charge in [-0.3, -0.25) is 0 Å². The van der Waals surface area contributed by atoms with Gasteiger partial charge in [-0.2, -0.15) is 15.4 Å². The van der Waals surface area contributed by atoms with Crippen LogP contribution in [0.4, 0.5) is 0 Å². The van der Waals surface area contributed by atoms with E-state index in [1.54, 1.807) is 18.5 Å². The second-order valence-electron chi connectivity index (χ2n) is 1.52. The molecule has 1 aliphatic heterocycles. The van der Waals surface area contributed by atoms with Crippen LogP contribution >= 0.6 is 0 Å². The van der Waals surface area contributed by atoms with Gasteiger partial charge in [-0.15, -0.1) is 0 Å². The molecular weight excluding hydrogens is 120 g/mol. The Labute approximate surface area is 50.7 Å². The van der Waals surface area contributed by atoms with Crippen molar-refractivity contribution in [3.8, 4) is 0 Å². The number of hydrazine groups is 1. The van der Waals surface area contributed by atoms with Gasteiger partial charge in [0, 0.05) is 0 Å². The van der Waals surface area contributed by atoms with Crippen LogP contribution < -0.4 is 5.53 Å². The van der Waals surface area contributed by atoms with Crippen molar-refractivity contribution in [1.29, 1.82) is 0 Å². The van der Waals surface area contributed by atoms with Gasteiger partial charge in [0.25, 0.3) is 0 Å². The van der Waals surface area contributed by atoms with Crippen molar-refractivity contribution in [2.45, 2.75) is 0 Å². The van der Waals surface area contributed by atoms with E-state index in [1.165, 1.54) is 10.0 Å². The van der Waals surface area contributed by atoms with Crippen molar-refractivity contribution < 1.29 is 0 Å². The largest absolute Gasteiger partial charge is 0.178 e. The molecular formula is C3H4N6. The highest BCUT2D eigenvalue weighted by atomic mass is 16.1. The molecule has 0 unspecified atom stereocenters. The summed E-state index contributed by atoms with van der Waals surface area (Å²) in [4.78, 5) is 1.50. The van der Waals surface area contributed by atoms with Crippen LogP contribution in [-0.2, 0) is 0 Å². The third-order valence-corrected chi connectivity index (χ3v) is 0.875. The molecule has 2 heterocycles. The number of nitrogens with zero attached hydrogens (tertiary/aromatic N) is 5. The highest BCUT2D eigenvalue weighted by molar-refractivity contribution is 4.79.